The smallest absolute Gasteiger partial charge is 0.320 e. The lowest BCUT2D eigenvalue weighted by atomic mass is 10.3. The molecule has 0 amide bonds. The molecule has 0 radical (unpaired) electrons. The van der Waals surface area contributed by atoms with Crippen molar-refractivity contribution in [2.75, 3.05) is 0 Å². The number of alkyl halides is 2. The number of hydrogen-bond donors (Lipinski definition) is 0. The minimum Gasteiger partial charge on any atom is -0.323 e. The highest BCUT2D eigenvalue weighted by atomic mass is 32.2. The third kappa shape index (κ3) is 2.39. The molecule has 0 atom stereocenters. The third-order valence-electron chi connectivity index (χ3n) is 3.77. The van der Waals surface area contributed by atoms with E-state index in [0.29, 0.717) is 28.7 Å². The molecular formula is C15H14F2N4S. The first-order valence-corrected chi connectivity index (χ1v) is 8.12. The summed E-state index contributed by atoms with van der Waals surface area (Å²) in [6.07, 6.45) is 6.05. The molecule has 7 heteroatoms. The summed E-state index contributed by atoms with van der Waals surface area (Å²) in [7, 11) is 0. The van der Waals surface area contributed by atoms with E-state index >= 15 is 0 Å². The van der Waals surface area contributed by atoms with Crippen LogP contribution in [0.4, 0.5) is 8.78 Å². The van der Waals surface area contributed by atoms with Gasteiger partial charge in [-0.25, -0.2) is 9.97 Å². The highest BCUT2D eigenvalue weighted by Crippen LogP contribution is 2.38. The van der Waals surface area contributed by atoms with Crippen LogP contribution >= 0.6 is 11.8 Å². The van der Waals surface area contributed by atoms with E-state index in [2.05, 4.69) is 14.5 Å². The van der Waals surface area contributed by atoms with Crippen LogP contribution in [-0.4, -0.2) is 19.1 Å². The molecule has 2 aromatic heterocycles. The summed E-state index contributed by atoms with van der Waals surface area (Å²) >= 11 is 1.46. The number of imidazole rings is 2. The first kappa shape index (κ1) is 13.8. The SMILES string of the molecule is FC(F)n1c(CSc2nccn2C2CC2)nc2ccccc21. The van der Waals surface area contributed by atoms with Crippen LogP contribution in [0.25, 0.3) is 11.0 Å². The Bertz CT molecular complexity index is 807. The van der Waals surface area contributed by atoms with Crippen molar-refractivity contribution in [3.8, 4) is 0 Å². The Morgan fingerprint density at radius 2 is 2.09 bits per heavy atom. The second-order valence-corrected chi connectivity index (χ2v) is 6.24. The number of thioether (sulfide) groups is 1. The molecule has 0 aliphatic heterocycles. The summed E-state index contributed by atoms with van der Waals surface area (Å²) in [5.41, 5.74) is 1.07. The summed E-state index contributed by atoms with van der Waals surface area (Å²) in [5.74, 6) is 0.759. The molecule has 0 saturated heterocycles. The lowest BCUT2D eigenvalue weighted by molar-refractivity contribution is 0.0722. The second kappa shape index (κ2) is 5.39. The van der Waals surface area contributed by atoms with Crippen LogP contribution in [0.15, 0.2) is 41.8 Å². The monoisotopic (exact) mass is 320 g/mol. The van der Waals surface area contributed by atoms with Crippen molar-refractivity contribution in [3.05, 3.63) is 42.5 Å². The Kier molecular flexibility index (Phi) is 3.37. The van der Waals surface area contributed by atoms with E-state index in [1.807, 2.05) is 12.3 Å². The van der Waals surface area contributed by atoms with Gasteiger partial charge >= 0.3 is 6.55 Å². The maximum atomic E-state index is 13.4. The van der Waals surface area contributed by atoms with Crippen molar-refractivity contribution in [2.45, 2.75) is 36.3 Å². The van der Waals surface area contributed by atoms with Gasteiger partial charge in [-0.3, -0.25) is 4.57 Å². The van der Waals surface area contributed by atoms with Gasteiger partial charge in [0.25, 0.3) is 0 Å². The van der Waals surface area contributed by atoms with Crippen molar-refractivity contribution in [1.82, 2.24) is 19.1 Å². The van der Waals surface area contributed by atoms with Gasteiger partial charge in [-0.15, -0.1) is 0 Å². The molecule has 1 aromatic carbocycles. The lowest BCUT2D eigenvalue weighted by Crippen LogP contribution is -2.04. The van der Waals surface area contributed by atoms with E-state index in [4.69, 9.17) is 0 Å². The molecule has 1 aliphatic carbocycles. The van der Waals surface area contributed by atoms with Gasteiger partial charge < -0.3 is 4.57 Å². The number of halogens is 2. The normalized spacial score (nSPS) is 15.0. The standard InChI is InChI=1S/C15H14F2N4S/c16-14(17)21-12-4-2-1-3-11(12)19-13(21)9-22-15-18-7-8-20(15)10-5-6-10/h1-4,7-8,10,14H,5-6,9H2. The zero-order valence-electron chi connectivity index (χ0n) is 11.7. The van der Waals surface area contributed by atoms with E-state index in [-0.39, 0.29) is 0 Å². The number of benzene rings is 1. The molecule has 3 aromatic rings. The Morgan fingerprint density at radius 1 is 1.27 bits per heavy atom. The molecule has 0 unspecified atom stereocenters. The Hall–Kier alpha value is -1.89. The van der Waals surface area contributed by atoms with Crippen LogP contribution in [0.3, 0.4) is 0 Å². The molecule has 22 heavy (non-hydrogen) atoms. The van der Waals surface area contributed by atoms with Crippen LogP contribution in [0.1, 0.15) is 31.3 Å². The van der Waals surface area contributed by atoms with E-state index in [1.165, 1.54) is 24.6 Å². The maximum Gasteiger partial charge on any atom is 0.320 e. The number of rotatable bonds is 5. The molecule has 4 rings (SSSR count). The quantitative estimate of drug-likeness (QED) is 0.659. The van der Waals surface area contributed by atoms with Crippen LogP contribution in [0.2, 0.25) is 0 Å². The van der Waals surface area contributed by atoms with Crippen LogP contribution in [0.5, 0.6) is 0 Å². The maximum absolute atomic E-state index is 13.4. The largest absolute Gasteiger partial charge is 0.323 e. The fraction of sp³-hybridized carbons (Fsp3) is 0.333. The average Bonchev–Trinajstić information content (AvgIpc) is 3.12. The first-order valence-electron chi connectivity index (χ1n) is 7.13. The summed E-state index contributed by atoms with van der Waals surface area (Å²) in [4.78, 5) is 8.67. The molecular weight excluding hydrogens is 306 g/mol. The van der Waals surface area contributed by atoms with E-state index in [1.54, 1.807) is 24.4 Å². The molecule has 2 heterocycles. The topological polar surface area (TPSA) is 35.6 Å². The molecule has 114 valence electrons. The summed E-state index contributed by atoms with van der Waals surface area (Å²) in [5, 5.41) is 0.871. The second-order valence-electron chi connectivity index (χ2n) is 5.30. The van der Waals surface area contributed by atoms with Crippen LogP contribution < -0.4 is 0 Å². The van der Waals surface area contributed by atoms with Gasteiger partial charge in [0, 0.05) is 18.4 Å². The molecule has 0 N–H and O–H groups in total. The summed E-state index contributed by atoms with van der Waals surface area (Å²) in [6.45, 7) is -2.59. The number of aromatic nitrogens is 4. The Balaban J connectivity index is 1.63. The van der Waals surface area contributed by atoms with Crippen LogP contribution in [-0.2, 0) is 5.75 Å². The van der Waals surface area contributed by atoms with Crippen molar-refractivity contribution in [3.63, 3.8) is 0 Å². The van der Waals surface area contributed by atoms with Gasteiger partial charge in [0.15, 0.2) is 5.16 Å². The molecule has 4 nitrogen and oxygen atoms in total. The van der Waals surface area contributed by atoms with E-state index < -0.39 is 6.55 Å². The van der Waals surface area contributed by atoms with Crippen molar-refractivity contribution < 1.29 is 8.78 Å². The van der Waals surface area contributed by atoms with Crippen molar-refractivity contribution in [2.24, 2.45) is 0 Å². The lowest BCUT2D eigenvalue weighted by Gasteiger charge is -2.08. The zero-order chi connectivity index (χ0) is 15.1. The van der Waals surface area contributed by atoms with Gasteiger partial charge in [0.1, 0.15) is 5.82 Å². The van der Waals surface area contributed by atoms with Gasteiger partial charge in [-0.05, 0) is 25.0 Å². The zero-order valence-corrected chi connectivity index (χ0v) is 12.5. The number of nitrogens with zero attached hydrogens (tertiary/aromatic N) is 4. The van der Waals surface area contributed by atoms with Gasteiger partial charge in [0.05, 0.1) is 16.8 Å². The first-order chi connectivity index (χ1) is 10.7. The fourth-order valence-corrected chi connectivity index (χ4v) is 3.54. The van der Waals surface area contributed by atoms with Gasteiger partial charge in [0.2, 0.25) is 0 Å². The molecule has 1 fully saturated rings. The predicted octanol–water partition coefficient (Wildman–Crippen LogP) is 4.26. The Labute approximate surface area is 130 Å². The highest BCUT2D eigenvalue weighted by Gasteiger charge is 2.26. The summed E-state index contributed by atoms with van der Waals surface area (Å²) in [6, 6.07) is 7.52. The fourth-order valence-electron chi connectivity index (χ4n) is 2.58. The third-order valence-corrected chi connectivity index (χ3v) is 4.74. The average molecular weight is 320 g/mol. The minimum absolute atomic E-state index is 0.378. The van der Waals surface area contributed by atoms with Gasteiger partial charge in [-0.2, -0.15) is 8.78 Å². The minimum atomic E-state index is -2.59. The number of para-hydroxylation sites is 2. The summed E-state index contributed by atoms with van der Waals surface area (Å²) < 4.78 is 29.9. The highest BCUT2D eigenvalue weighted by molar-refractivity contribution is 7.98. The van der Waals surface area contributed by atoms with E-state index in [9.17, 15) is 8.78 Å². The van der Waals surface area contributed by atoms with Crippen LogP contribution in [0, 0.1) is 0 Å². The molecule has 0 bridgehead atoms. The molecule has 1 saturated carbocycles. The molecule has 0 spiro atoms. The van der Waals surface area contributed by atoms with Gasteiger partial charge in [-0.1, -0.05) is 23.9 Å². The number of fused-ring (bicyclic) bond motifs is 1. The van der Waals surface area contributed by atoms with Crippen molar-refractivity contribution >= 4 is 22.8 Å². The molecule has 1 aliphatic rings. The van der Waals surface area contributed by atoms with E-state index in [0.717, 1.165) is 9.72 Å². The predicted molar refractivity (Wildman–Crippen MR) is 81.0 cm³/mol. The van der Waals surface area contributed by atoms with Crippen molar-refractivity contribution in [1.29, 1.82) is 0 Å². The number of hydrogen-bond acceptors (Lipinski definition) is 3. The Morgan fingerprint density at radius 3 is 2.86 bits per heavy atom.